The summed E-state index contributed by atoms with van der Waals surface area (Å²) >= 11 is 0. The fourth-order valence-corrected chi connectivity index (χ4v) is 4.32. The maximum Gasteiger partial charge on any atom is 0.0956 e. The average molecular weight is 282 g/mol. The molecule has 2 aliphatic rings. The van der Waals surface area contributed by atoms with Crippen molar-refractivity contribution in [1.82, 2.24) is 9.55 Å². The molecule has 3 unspecified atom stereocenters. The molecule has 4 rings (SSSR count). The summed E-state index contributed by atoms with van der Waals surface area (Å²) in [6, 6.07) is 8.80. The number of hydrogen-bond donors (Lipinski definition) is 1. The molecule has 3 nitrogen and oxygen atoms in total. The van der Waals surface area contributed by atoms with Crippen molar-refractivity contribution < 1.29 is 5.11 Å². The molecular formula is C18H22N2O. The van der Waals surface area contributed by atoms with Crippen molar-refractivity contribution in [1.29, 1.82) is 0 Å². The number of hydrogen-bond acceptors (Lipinski definition) is 2. The quantitative estimate of drug-likeness (QED) is 0.867. The van der Waals surface area contributed by atoms with E-state index in [4.69, 9.17) is 0 Å². The molecule has 3 heteroatoms. The minimum Gasteiger partial charge on any atom is -0.392 e. The van der Waals surface area contributed by atoms with Crippen LogP contribution >= 0.6 is 0 Å². The Hall–Kier alpha value is -1.61. The van der Waals surface area contributed by atoms with Crippen molar-refractivity contribution in [2.45, 2.75) is 45.3 Å². The summed E-state index contributed by atoms with van der Waals surface area (Å²) in [4.78, 5) is 4.33. The molecule has 1 saturated carbocycles. The first kappa shape index (κ1) is 13.1. The lowest BCUT2D eigenvalue weighted by Crippen LogP contribution is -2.43. The molecule has 1 aromatic heterocycles. The Balaban J connectivity index is 1.82. The Bertz CT molecular complexity index is 673. The van der Waals surface area contributed by atoms with E-state index < -0.39 is 0 Å². The van der Waals surface area contributed by atoms with Gasteiger partial charge in [0, 0.05) is 11.5 Å². The van der Waals surface area contributed by atoms with Gasteiger partial charge >= 0.3 is 0 Å². The van der Waals surface area contributed by atoms with Gasteiger partial charge in [-0.2, -0.15) is 0 Å². The molecule has 110 valence electrons. The molecule has 0 amide bonds. The summed E-state index contributed by atoms with van der Waals surface area (Å²) in [5.74, 6) is 0.269. The third-order valence-corrected chi connectivity index (χ3v) is 5.49. The van der Waals surface area contributed by atoms with Gasteiger partial charge in [0.15, 0.2) is 0 Å². The minimum absolute atomic E-state index is 0.00119. The summed E-state index contributed by atoms with van der Waals surface area (Å²) in [5.41, 5.74) is 3.81. The predicted molar refractivity (Wildman–Crippen MR) is 82.9 cm³/mol. The monoisotopic (exact) mass is 282 g/mol. The Morgan fingerprint density at radius 1 is 1.29 bits per heavy atom. The molecule has 1 fully saturated rings. The second kappa shape index (κ2) is 4.44. The fraction of sp³-hybridized carbons (Fsp3) is 0.500. The van der Waals surface area contributed by atoms with E-state index in [9.17, 15) is 5.11 Å². The van der Waals surface area contributed by atoms with Crippen molar-refractivity contribution >= 4 is 0 Å². The van der Waals surface area contributed by atoms with Crippen LogP contribution in [-0.4, -0.2) is 20.8 Å². The molecule has 1 N–H and O–H groups in total. The molecule has 3 atom stereocenters. The highest BCUT2D eigenvalue weighted by atomic mass is 16.3. The van der Waals surface area contributed by atoms with Gasteiger partial charge in [0.2, 0.25) is 0 Å². The van der Waals surface area contributed by atoms with E-state index in [0.29, 0.717) is 0 Å². The molecule has 0 spiro atoms. The van der Waals surface area contributed by atoms with Crippen LogP contribution in [0.15, 0.2) is 36.8 Å². The highest BCUT2D eigenvalue weighted by Crippen LogP contribution is 2.50. The fourth-order valence-electron chi connectivity index (χ4n) is 4.32. The standard InChI is InChI=1S/C18H22N2O/c1-18(2)9-5-8-14(17(18)21)16-13-7-4-3-6-12(13)15-10-19-11-20(15)16/h3-4,6-7,10-11,14,16-17,21H,5,8-9H2,1-2H3. The van der Waals surface area contributed by atoms with Gasteiger partial charge in [-0.3, -0.25) is 0 Å². The number of fused-ring (bicyclic) bond motifs is 3. The number of imidazole rings is 1. The third kappa shape index (κ3) is 1.80. The molecule has 1 aliphatic heterocycles. The molecular weight excluding hydrogens is 260 g/mol. The lowest BCUT2D eigenvalue weighted by molar-refractivity contribution is -0.0443. The Morgan fingerprint density at radius 3 is 2.95 bits per heavy atom. The zero-order valence-electron chi connectivity index (χ0n) is 12.7. The van der Waals surface area contributed by atoms with Crippen LogP contribution in [0.5, 0.6) is 0 Å². The van der Waals surface area contributed by atoms with Crippen LogP contribution in [0, 0.1) is 11.3 Å². The minimum atomic E-state index is -0.266. The number of aliphatic hydroxyl groups excluding tert-OH is 1. The first-order valence-corrected chi connectivity index (χ1v) is 7.89. The maximum atomic E-state index is 10.9. The highest BCUT2D eigenvalue weighted by Gasteiger charge is 2.45. The van der Waals surface area contributed by atoms with Crippen LogP contribution in [0.25, 0.3) is 11.3 Å². The lowest BCUT2D eigenvalue weighted by atomic mass is 9.66. The van der Waals surface area contributed by atoms with Crippen LogP contribution in [0.4, 0.5) is 0 Å². The van der Waals surface area contributed by atoms with E-state index >= 15 is 0 Å². The first-order valence-electron chi connectivity index (χ1n) is 7.89. The van der Waals surface area contributed by atoms with Crippen LogP contribution in [0.2, 0.25) is 0 Å². The topological polar surface area (TPSA) is 38.0 Å². The first-order chi connectivity index (χ1) is 10.1. The average Bonchev–Trinajstić information content (AvgIpc) is 3.03. The summed E-state index contributed by atoms with van der Waals surface area (Å²) in [7, 11) is 0. The molecule has 0 bridgehead atoms. The van der Waals surface area contributed by atoms with Gasteiger partial charge < -0.3 is 9.67 Å². The zero-order valence-corrected chi connectivity index (χ0v) is 12.7. The van der Waals surface area contributed by atoms with Crippen LogP contribution in [0.3, 0.4) is 0 Å². The number of nitrogens with zero attached hydrogens (tertiary/aromatic N) is 2. The van der Waals surface area contributed by atoms with Crippen LogP contribution in [-0.2, 0) is 0 Å². The van der Waals surface area contributed by atoms with Gasteiger partial charge in [-0.05, 0) is 23.8 Å². The summed E-state index contributed by atoms with van der Waals surface area (Å²) in [6.07, 6.45) is 6.99. The molecule has 2 heterocycles. The molecule has 21 heavy (non-hydrogen) atoms. The zero-order chi connectivity index (χ0) is 14.6. The summed E-state index contributed by atoms with van der Waals surface area (Å²) in [5, 5.41) is 10.9. The smallest absolute Gasteiger partial charge is 0.0956 e. The number of aromatic nitrogens is 2. The Kier molecular flexibility index (Phi) is 2.77. The third-order valence-electron chi connectivity index (χ3n) is 5.49. The normalized spacial score (nSPS) is 30.0. The lowest BCUT2D eigenvalue weighted by Gasteiger charge is -2.43. The van der Waals surface area contributed by atoms with Crippen molar-refractivity contribution in [2.24, 2.45) is 11.3 Å². The summed E-state index contributed by atoms with van der Waals surface area (Å²) < 4.78 is 2.26. The highest BCUT2D eigenvalue weighted by molar-refractivity contribution is 5.69. The van der Waals surface area contributed by atoms with Crippen molar-refractivity contribution in [3.63, 3.8) is 0 Å². The predicted octanol–water partition coefficient (Wildman–Crippen LogP) is 3.64. The van der Waals surface area contributed by atoms with E-state index in [0.717, 1.165) is 12.8 Å². The van der Waals surface area contributed by atoms with Crippen LogP contribution in [0.1, 0.15) is 44.7 Å². The largest absolute Gasteiger partial charge is 0.392 e. The van der Waals surface area contributed by atoms with E-state index in [1.165, 1.54) is 23.2 Å². The van der Waals surface area contributed by atoms with Gasteiger partial charge in [-0.25, -0.2) is 4.98 Å². The van der Waals surface area contributed by atoms with E-state index in [1.807, 2.05) is 12.5 Å². The molecule has 1 aliphatic carbocycles. The van der Waals surface area contributed by atoms with Crippen LogP contribution < -0.4 is 0 Å². The molecule has 1 aromatic carbocycles. The summed E-state index contributed by atoms with van der Waals surface area (Å²) in [6.45, 7) is 4.39. The van der Waals surface area contributed by atoms with Crippen molar-refractivity contribution in [2.75, 3.05) is 0 Å². The van der Waals surface area contributed by atoms with Gasteiger partial charge in [-0.1, -0.05) is 44.5 Å². The maximum absolute atomic E-state index is 10.9. The Labute approximate surface area is 125 Å². The second-order valence-corrected chi connectivity index (χ2v) is 7.21. The van der Waals surface area contributed by atoms with E-state index in [-0.39, 0.29) is 23.5 Å². The van der Waals surface area contributed by atoms with Gasteiger partial charge in [-0.15, -0.1) is 0 Å². The second-order valence-electron chi connectivity index (χ2n) is 7.21. The molecule has 2 aromatic rings. The number of rotatable bonds is 1. The van der Waals surface area contributed by atoms with Crippen molar-refractivity contribution in [3.8, 4) is 11.3 Å². The van der Waals surface area contributed by atoms with E-state index in [1.54, 1.807) is 0 Å². The SMILES string of the molecule is CC1(C)CCCC(C2c3ccccc3-c3cncn32)C1O. The van der Waals surface area contributed by atoms with E-state index in [2.05, 4.69) is 47.7 Å². The molecule has 0 saturated heterocycles. The van der Waals surface area contributed by atoms with Gasteiger partial charge in [0.25, 0.3) is 0 Å². The molecule has 0 radical (unpaired) electrons. The van der Waals surface area contributed by atoms with Gasteiger partial charge in [0.1, 0.15) is 0 Å². The number of aliphatic hydroxyl groups is 1. The van der Waals surface area contributed by atoms with Gasteiger partial charge in [0.05, 0.1) is 30.4 Å². The Morgan fingerprint density at radius 2 is 2.10 bits per heavy atom. The van der Waals surface area contributed by atoms with Crippen molar-refractivity contribution in [3.05, 3.63) is 42.4 Å². The number of benzene rings is 1.